The number of nitrogens with zero attached hydrogens (tertiary/aromatic N) is 4. The smallest absolute Gasteiger partial charge is 0.243 e. The summed E-state index contributed by atoms with van der Waals surface area (Å²) < 4.78 is 26.8. The third-order valence-electron chi connectivity index (χ3n) is 3.87. The maximum absolute atomic E-state index is 12.7. The van der Waals surface area contributed by atoms with Gasteiger partial charge in [-0.25, -0.2) is 13.4 Å². The molecule has 1 aromatic heterocycles. The lowest BCUT2D eigenvalue weighted by molar-refractivity contribution is 0.384. The van der Waals surface area contributed by atoms with Crippen LogP contribution in [0.3, 0.4) is 0 Å². The summed E-state index contributed by atoms with van der Waals surface area (Å²) in [7, 11) is -3.54. The summed E-state index contributed by atoms with van der Waals surface area (Å²) >= 11 is 5.90. The van der Waals surface area contributed by atoms with E-state index in [0.717, 1.165) is 5.82 Å². The van der Waals surface area contributed by atoms with Crippen molar-refractivity contribution in [3.63, 3.8) is 0 Å². The van der Waals surface area contributed by atoms with Crippen molar-refractivity contribution in [2.45, 2.75) is 4.90 Å². The molecule has 2 aromatic rings. The van der Waals surface area contributed by atoms with Crippen LogP contribution in [0.5, 0.6) is 0 Å². The molecule has 3 rings (SSSR count). The van der Waals surface area contributed by atoms with Crippen LogP contribution in [0.2, 0.25) is 5.02 Å². The number of nitriles is 1. The van der Waals surface area contributed by atoms with Gasteiger partial charge in [-0.3, -0.25) is 0 Å². The van der Waals surface area contributed by atoms with Gasteiger partial charge in [0.05, 0.1) is 10.5 Å². The summed E-state index contributed by atoms with van der Waals surface area (Å²) in [5, 5.41) is 9.20. The van der Waals surface area contributed by atoms with Gasteiger partial charge in [-0.05, 0) is 30.3 Å². The third kappa shape index (κ3) is 3.36. The van der Waals surface area contributed by atoms with Crippen molar-refractivity contribution >= 4 is 27.4 Å². The van der Waals surface area contributed by atoms with E-state index < -0.39 is 10.0 Å². The number of rotatable bonds is 3. The molecule has 1 aliphatic heterocycles. The number of hydrogen-bond donors (Lipinski definition) is 0. The van der Waals surface area contributed by atoms with Crippen LogP contribution in [0.1, 0.15) is 5.56 Å². The van der Waals surface area contributed by atoms with Crippen molar-refractivity contribution in [1.29, 1.82) is 5.26 Å². The Labute approximate surface area is 146 Å². The Kier molecular flexibility index (Phi) is 4.71. The molecule has 6 nitrogen and oxygen atoms in total. The number of anilines is 1. The van der Waals surface area contributed by atoms with Gasteiger partial charge in [0, 0.05) is 37.4 Å². The topological polar surface area (TPSA) is 77.3 Å². The third-order valence-corrected chi connectivity index (χ3v) is 6.00. The zero-order valence-corrected chi connectivity index (χ0v) is 14.3. The van der Waals surface area contributed by atoms with Gasteiger partial charge in [-0.1, -0.05) is 17.7 Å². The summed E-state index contributed by atoms with van der Waals surface area (Å²) in [6.07, 6.45) is 1.52. The van der Waals surface area contributed by atoms with E-state index in [1.807, 2.05) is 11.0 Å². The van der Waals surface area contributed by atoms with Gasteiger partial charge in [0.1, 0.15) is 11.9 Å². The van der Waals surface area contributed by atoms with Gasteiger partial charge in [0.25, 0.3) is 0 Å². The van der Waals surface area contributed by atoms with Crippen LogP contribution in [-0.4, -0.2) is 43.9 Å². The molecule has 0 radical (unpaired) electrons. The molecule has 1 saturated heterocycles. The van der Waals surface area contributed by atoms with Crippen LogP contribution in [0, 0.1) is 11.3 Å². The van der Waals surface area contributed by atoms with Gasteiger partial charge in [-0.2, -0.15) is 9.57 Å². The average Bonchev–Trinajstić information content (AvgIpc) is 2.62. The quantitative estimate of drug-likeness (QED) is 0.835. The van der Waals surface area contributed by atoms with E-state index in [0.29, 0.717) is 36.8 Å². The molecule has 124 valence electrons. The summed E-state index contributed by atoms with van der Waals surface area (Å²) in [6.45, 7) is 1.82. The van der Waals surface area contributed by atoms with Crippen molar-refractivity contribution in [2.75, 3.05) is 31.1 Å². The first-order chi connectivity index (χ1) is 11.5. The average molecular weight is 363 g/mol. The Morgan fingerprint density at radius 3 is 2.46 bits per heavy atom. The Morgan fingerprint density at radius 2 is 1.88 bits per heavy atom. The van der Waals surface area contributed by atoms with Crippen molar-refractivity contribution < 1.29 is 8.42 Å². The second-order valence-electron chi connectivity index (χ2n) is 5.37. The van der Waals surface area contributed by atoms with Gasteiger partial charge < -0.3 is 4.90 Å². The van der Waals surface area contributed by atoms with E-state index in [4.69, 9.17) is 16.9 Å². The molecular formula is C16H15ClN4O2S. The van der Waals surface area contributed by atoms with Crippen molar-refractivity contribution in [2.24, 2.45) is 0 Å². The van der Waals surface area contributed by atoms with Crippen molar-refractivity contribution in [3.8, 4) is 6.07 Å². The van der Waals surface area contributed by atoms with Crippen LogP contribution in [0.15, 0.2) is 47.5 Å². The van der Waals surface area contributed by atoms with E-state index >= 15 is 0 Å². The lowest BCUT2D eigenvalue weighted by Crippen LogP contribution is -2.48. The molecule has 0 atom stereocenters. The monoisotopic (exact) mass is 362 g/mol. The fourth-order valence-electron chi connectivity index (χ4n) is 2.57. The maximum Gasteiger partial charge on any atom is 0.243 e. The normalized spacial score (nSPS) is 15.9. The van der Waals surface area contributed by atoms with Crippen LogP contribution in [0.4, 0.5) is 5.82 Å². The molecule has 0 amide bonds. The Balaban J connectivity index is 1.71. The zero-order valence-electron chi connectivity index (χ0n) is 12.8. The second-order valence-corrected chi connectivity index (χ2v) is 7.74. The number of halogens is 1. The van der Waals surface area contributed by atoms with E-state index in [1.165, 1.54) is 16.6 Å². The van der Waals surface area contributed by atoms with Crippen LogP contribution < -0.4 is 4.90 Å². The fourth-order valence-corrected chi connectivity index (χ4v) is 4.30. The van der Waals surface area contributed by atoms with Crippen LogP contribution >= 0.6 is 11.6 Å². The first-order valence-electron chi connectivity index (χ1n) is 7.37. The Hall–Kier alpha value is -2.14. The second kappa shape index (κ2) is 6.77. The molecule has 0 bridgehead atoms. The van der Waals surface area contributed by atoms with E-state index in [1.54, 1.807) is 30.3 Å². The molecule has 1 fully saturated rings. The first kappa shape index (κ1) is 16.7. The maximum atomic E-state index is 12.7. The van der Waals surface area contributed by atoms with Crippen molar-refractivity contribution in [1.82, 2.24) is 9.29 Å². The van der Waals surface area contributed by atoms with Crippen LogP contribution in [0.25, 0.3) is 0 Å². The molecular weight excluding hydrogens is 348 g/mol. The van der Waals surface area contributed by atoms with E-state index in [2.05, 4.69) is 4.98 Å². The molecule has 8 heteroatoms. The Morgan fingerprint density at radius 1 is 1.12 bits per heavy atom. The minimum absolute atomic E-state index is 0.208. The predicted molar refractivity (Wildman–Crippen MR) is 91.4 cm³/mol. The van der Waals surface area contributed by atoms with Gasteiger partial charge in [0.2, 0.25) is 10.0 Å². The molecule has 0 saturated carbocycles. The number of aromatic nitrogens is 1. The SMILES string of the molecule is N#Cc1ccc(N2CCN(S(=O)(=O)c3cccc(Cl)c3)CC2)nc1. The highest BCUT2D eigenvalue weighted by atomic mass is 35.5. The Bertz CT molecular complexity index is 870. The zero-order chi connectivity index (χ0) is 17.2. The standard InChI is InChI=1S/C16H15ClN4O2S/c17-14-2-1-3-15(10-14)24(22,23)21-8-6-20(7-9-21)16-5-4-13(11-18)12-19-16/h1-5,10,12H,6-9H2. The highest BCUT2D eigenvalue weighted by Gasteiger charge is 2.28. The number of piperazine rings is 1. The minimum Gasteiger partial charge on any atom is -0.354 e. The number of pyridine rings is 1. The predicted octanol–water partition coefficient (Wildman–Crippen LogP) is 2.12. The largest absolute Gasteiger partial charge is 0.354 e. The molecule has 0 unspecified atom stereocenters. The van der Waals surface area contributed by atoms with E-state index in [9.17, 15) is 8.42 Å². The summed E-state index contributed by atoms with van der Waals surface area (Å²) in [6, 6.07) is 11.8. The number of benzene rings is 1. The van der Waals surface area contributed by atoms with Gasteiger partial charge in [0.15, 0.2) is 0 Å². The lowest BCUT2D eigenvalue weighted by Gasteiger charge is -2.34. The molecule has 2 heterocycles. The fraction of sp³-hybridized carbons (Fsp3) is 0.250. The minimum atomic E-state index is -3.54. The van der Waals surface area contributed by atoms with Crippen molar-refractivity contribution in [3.05, 3.63) is 53.2 Å². The van der Waals surface area contributed by atoms with Gasteiger partial charge >= 0.3 is 0 Å². The summed E-state index contributed by atoms with van der Waals surface area (Å²) in [4.78, 5) is 6.46. The summed E-state index contributed by atoms with van der Waals surface area (Å²) in [5.41, 5.74) is 0.501. The number of sulfonamides is 1. The van der Waals surface area contributed by atoms with Crippen LogP contribution in [-0.2, 0) is 10.0 Å². The first-order valence-corrected chi connectivity index (χ1v) is 9.19. The van der Waals surface area contributed by atoms with Gasteiger partial charge in [-0.15, -0.1) is 0 Å². The molecule has 1 aromatic carbocycles. The molecule has 1 aliphatic rings. The highest BCUT2D eigenvalue weighted by Crippen LogP contribution is 2.22. The molecule has 0 aliphatic carbocycles. The molecule has 0 N–H and O–H groups in total. The lowest BCUT2D eigenvalue weighted by atomic mass is 10.3. The molecule has 0 spiro atoms. The summed E-state index contributed by atoms with van der Waals surface area (Å²) in [5.74, 6) is 0.744. The molecule has 24 heavy (non-hydrogen) atoms. The van der Waals surface area contributed by atoms with E-state index in [-0.39, 0.29) is 4.90 Å². The number of hydrogen-bond acceptors (Lipinski definition) is 5. The highest BCUT2D eigenvalue weighted by molar-refractivity contribution is 7.89.